The van der Waals surface area contributed by atoms with Gasteiger partial charge >= 0.3 is 0 Å². The van der Waals surface area contributed by atoms with Gasteiger partial charge in [-0.2, -0.15) is 0 Å². The van der Waals surface area contributed by atoms with Gasteiger partial charge in [0, 0.05) is 22.8 Å². The number of benzene rings is 1. The van der Waals surface area contributed by atoms with E-state index in [0.717, 1.165) is 18.2 Å². The summed E-state index contributed by atoms with van der Waals surface area (Å²) >= 11 is 3.17. The van der Waals surface area contributed by atoms with Crippen LogP contribution in [0.3, 0.4) is 0 Å². The molecule has 2 rings (SSSR count). The fraction of sp³-hybridized carbons (Fsp3) is 0. The summed E-state index contributed by atoms with van der Waals surface area (Å²) < 4.78 is 0.474. The van der Waals surface area contributed by atoms with Crippen LogP contribution in [0.2, 0.25) is 0 Å². The summed E-state index contributed by atoms with van der Waals surface area (Å²) in [6, 6.07) is 6.63. The maximum absolute atomic E-state index is 12.0. The average Bonchev–Trinajstić information content (AvgIpc) is 2.41. The van der Waals surface area contributed by atoms with Crippen molar-refractivity contribution in [1.29, 1.82) is 0 Å². The Morgan fingerprint density at radius 2 is 2.15 bits per heavy atom. The maximum atomic E-state index is 12.0. The Morgan fingerprint density at radius 1 is 1.40 bits per heavy atom. The number of nitrogens with zero attached hydrogens (tertiary/aromatic N) is 2. The van der Waals surface area contributed by atoms with E-state index >= 15 is 0 Å². The molecule has 0 unspecified atom stereocenters. The predicted molar refractivity (Wildman–Crippen MR) is 74.7 cm³/mol. The Hall–Kier alpha value is -2.48. The van der Waals surface area contributed by atoms with Gasteiger partial charge in [-0.1, -0.05) is 0 Å². The summed E-state index contributed by atoms with van der Waals surface area (Å²) in [5.74, 6) is -0.857. The van der Waals surface area contributed by atoms with Gasteiger partial charge in [0.1, 0.15) is 11.4 Å². The molecule has 20 heavy (non-hydrogen) atoms. The number of aromatic hydroxyl groups is 1. The second kappa shape index (κ2) is 5.66. The summed E-state index contributed by atoms with van der Waals surface area (Å²) in [4.78, 5) is 25.9. The topological polar surface area (TPSA) is 105 Å². The zero-order chi connectivity index (χ0) is 14.7. The zero-order valence-electron chi connectivity index (χ0n) is 9.91. The molecule has 1 heterocycles. The molecule has 1 aromatic carbocycles. The highest BCUT2D eigenvalue weighted by atomic mass is 79.9. The highest BCUT2D eigenvalue weighted by Gasteiger charge is 2.16. The van der Waals surface area contributed by atoms with Gasteiger partial charge in [-0.25, -0.2) is 4.98 Å². The Morgan fingerprint density at radius 3 is 2.80 bits per heavy atom. The molecule has 0 saturated heterocycles. The summed E-state index contributed by atoms with van der Waals surface area (Å²) in [7, 11) is 0. The average molecular weight is 338 g/mol. The summed E-state index contributed by atoms with van der Waals surface area (Å²) in [6.45, 7) is 0. The fourth-order valence-electron chi connectivity index (χ4n) is 1.47. The lowest BCUT2D eigenvalue weighted by Crippen LogP contribution is -2.14. The molecule has 0 fully saturated rings. The van der Waals surface area contributed by atoms with Gasteiger partial charge in [0.15, 0.2) is 0 Å². The molecule has 2 N–H and O–H groups in total. The van der Waals surface area contributed by atoms with Crippen LogP contribution in [0.25, 0.3) is 0 Å². The second-order valence-corrected chi connectivity index (χ2v) is 4.60. The highest BCUT2D eigenvalue weighted by molar-refractivity contribution is 9.10. The van der Waals surface area contributed by atoms with Crippen molar-refractivity contribution < 1.29 is 14.8 Å². The number of halogens is 1. The minimum atomic E-state index is -0.619. The molecule has 7 nitrogen and oxygen atoms in total. The Balaban J connectivity index is 2.30. The number of amides is 1. The molecule has 0 aliphatic heterocycles. The maximum Gasteiger partial charge on any atom is 0.275 e. The number of carbonyl (C=O) groups excluding carboxylic acids is 1. The third-order valence-corrected chi connectivity index (χ3v) is 3.05. The van der Waals surface area contributed by atoms with Crippen LogP contribution in [0.4, 0.5) is 11.4 Å². The van der Waals surface area contributed by atoms with Crippen molar-refractivity contribution in [2.45, 2.75) is 0 Å². The molecule has 0 spiro atoms. The van der Waals surface area contributed by atoms with Crippen LogP contribution < -0.4 is 5.32 Å². The lowest BCUT2D eigenvalue weighted by atomic mass is 10.2. The fourth-order valence-corrected chi connectivity index (χ4v) is 1.91. The number of hydrogen-bond acceptors (Lipinski definition) is 5. The number of non-ortho nitro benzene ring substituents is 1. The van der Waals surface area contributed by atoms with Crippen LogP contribution in [-0.4, -0.2) is 20.9 Å². The van der Waals surface area contributed by atoms with E-state index in [4.69, 9.17) is 0 Å². The Bertz CT molecular complexity index is 690. The van der Waals surface area contributed by atoms with E-state index < -0.39 is 10.8 Å². The second-order valence-electron chi connectivity index (χ2n) is 3.75. The summed E-state index contributed by atoms with van der Waals surface area (Å²) in [5, 5.41) is 22.7. The van der Waals surface area contributed by atoms with E-state index in [-0.39, 0.29) is 22.8 Å². The van der Waals surface area contributed by atoms with Crippen LogP contribution in [0, 0.1) is 10.1 Å². The molecule has 1 amide bonds. The number of aromatic nitrogens is 1. The summed E-state index contributed by atoms with van der Waals surface area (Å²) in [6.07, 6.45) is 1.44. The van der Waals surface area contributed by atoms with Gasteiger partial charge < -0.3 is 10.4 Å². The Kier molecular flexibility index (Phi) is 3.94. The number of anilines is 1. The molecule has 2 aromatic rings. The molecular weight excluding hydrogens is 330 g/mol. The van der Waals surface area contributed by atoms with E-state index in [9.17, 15) is 20.0 Å². The number of nitro groups is 1. The normalized spacial score (nSPS) is 10.1. The molecule has 8 heteroatoms. The number of hydrogen-bond donors (Lipinski definition) is 2. The van der Waals surface area contributed by atoms with Crippen LogP contribution in [-0.2, 0) is 0 Å². The van der Waals surface area contributed by atoms with Crippen LogP contribution >= 0.6 is 15.9 Å². The number of nitro benzene ring substituents is 1. The number of pyridine rings is 1. The van der Waals surface area contributed by atoms with E-state index in [0.29, 0.717) is 4.47 Å². The van der Waals surface area contributed by atoms with Gasteiger partial charge in [-0.05, 0) is 34.1 Å². The van der Waals surface area contributed by atoms with Crippen molar-refractivity contribution in [3.05, 3.63) is 56.8 Å². The van der Waals surface area contributed by atoms with Crippen molar-refractivity contribution >= 4 is 33.2 Å². The van der Waals surface area contributed by atoms with Crippen LogP contribution in [0.1, 0.15) is 10.5 Å². The SMILES string of the molecule is O=C(Nc1cc([N+](=O)[O-])ccc1O)c1ncccc1Br. The summed E-state index contributed by atoms with van der Waals surface area (Å²) in [5.41, 5.74) is -0.182. The van der Waals surface area contributed by atoms with Gasteiger partial charge in [0.25, 0.3) is 11.6 Å². The minimum Gasteiger partial charge on any atom is -0.506 e. The van der Waals surface area contributed by atoms with E-state index in [1.165, 1.54) is 6.20 Å². The van der Waals surface area contributed by atoms with Crippen molar-refractivity contribution in [3.8, 4) is 5.75 Å². The predicted octanol–water partition coefficient (Wildman–Crippen LogP) is 2.71. The molecule has 0 bridgehead atoms. The van der Waals surface area contributed by atoms with Crippen LogP contribution in [0.5, 0.6) is 5.75 Å². The van der Waals surface area contributed by atoms with Gasteiger partial charge in [-0.15, -0.1) is 0 Å². The number of carbonyl (C=O) groups is 1. The molecule has 0 radical (unpaired) electrons. The van der Waals surface area contributed by atoms with E-state index in [2.05, 4.69) is 26.2 Å². The largest absolute Gasteiger partial charge is 0.506 e. The first-order valence-corrected chi connectivity index (χ1v) is 6.17. The van der Waals surface area contributed by atoms with E-state index in [1.54, 1.807) is 12.1 Å². The first-order valence-electron chi connectivity index (χ1n) is 5.38. The minimum absolute atomic E-state index is 0.0539. The van der Waals surface area contributed by atoms with Crippen molar-refractivity contribution in [3.63, 3.8) is 0 Å². The number of phenols is 1. The van der Waals surface area contributed by atoms with Crippen LogP contribution in [0.15, 0.2) is 41.0 Å². The van der Waals surface area contributed by atoms with E-state index in [1.807, 2.05) is 0 Å². The van der Waals surface area contributed by atoms with Gasteiger partial charge in [0.05, 0.1) is 10.6 Å². The van der Waals surface area contributed by atoms with Gasteiger partial charge in [-0.3, -0.25) is 14.9 Å². The van der Waals surface area contributed by atoms with Crippen molar-refractivity contribution in [2.24, 2.45) is 0 Å². The molecular formula is C12H8BrN3O4. The van der Waals surface area contributed by atoms with Crippen molar-refractivity contribution in [2.75, 3.05) is 5.32 Å². The zero-order valence-corrected chi connectivity index (χ0v) is 11.5. The molecule has 0 atom stereocenters. The Labute approximate surface area is 121 Å². The highest BCUT2D eigenvalue weighted by Crippen LogP contribution is 2.28. The first kappa shape index (κ1) is 13.9. The molecule has 0 aliphatic carbocycles. The molecule has 1 aromatic heterocycles. The third kappa shape index (κ3) is 2.91. The molecule has 102 valence electrons. The lowest BCUT2D eigenvalue weighted by molar-refractivity contribution is -0.384. The quantitative estimate of drug-likeness (QED) is 0.508. The smallest absolute Gasteiger partial charge is 0.275 e. The van der Waals surface area contributed by atoms with Gasteiger partial charge in [0.2, 0.25) is 0 Å². The van der Waals surface area contributed by atoms with Crippen molar-refractivity contribution in [1.82, 2.24) is 4.98 Å². The number of nitrogens with one attached hydrogen (secondary N) is 1. The first-order chi connectivity index (χ1) is 9.49. The number of phenolic OH excluding ortho intramolecular Hbond substituents is 1. The number of rotatable bonds is 3. The lowest BCUT2D eigenvalue weighted by Gasteiger charge is -2.07. The monoisotopic (exact) mass is 337 g/mol. The molecule has 0 saturated carbocycles. The molecule has 0 aliphatic rings. The standard InChI is InChI=1S/C12H8BrN3O4/c13-8-2-1-5-14-11(8)12(18)15-9-6-7(16(19)20)3-4-10(9)17/h1-6,17H,(H,15,18). The third-order valence-electron chi connectivity index (χ3n) is 2.41.